The predicted octanol–water partition coefficient (Wildman–Crippen LogP) is 0.639. The van der Waals surface area contributed by atoms with Gasteiger partial charge in [0.25, 0.3) is 5.62 Å². The van der Waals surface area contributed by atoms with Crippen molar-refractivity contribution in [3.8, 4) is 11.5 Å². The molecule has 1 aromatic carbocycles. The van der Waals surface area contributed by atoms with Gasteiger partial charge in [-0.05, 0) is 24.3 Å². The number of thioether (sulfide) groups is 1. The Labute approximate surface area is 139 Å². The molecule has 0 saturated carbocycles. The Morgan fingerprint density at radius 1 is 1.38 bits per heavy atom. The smallest absolute Gasteiger partial charge is 0.351 e. The zero-order valence-electron chi connectivity index (χ0n) is 12.2. The number of phenolic OH excluding ortho intramolecular Hbond substituents is 2. The predicted molar refractivity (Wildman–Crippen MR) is 84.5 cm³/mol. The fourth-order valence-corrected chi connectivity index (χ4v) is 2.95. The number of nitrogens with two attached hydrogens (primary N) is 1. The molecule has 3 rings (SSSR count). The second-order valence-electron chi connectivity index (χ2n) is 4.86. The molecule has 1 aliphatic rings. The molecule has 0 bridgehead atoms. The molecular weight excluding hydrogens is 338 g/mol. The van der Waals surface area contributed by atoms with Gasteiger partial charge in [-0.2, -0.15) is 4.98 Å². The highest BCUT2D eigenvalue weighted by atomic mass is 32.2. The molecule has 0 spiro atoms. The van der Waals surface area contributed by atoms with Crippen LogP contribution < -0.4 is 11.4 Å². The molecule has 1 fully saturated rings. The van der Waals surface area contributed by atoms with Crippen LogP contribution in [0.1, 0.15) is 16.6 Å². The molecule has 0 unspecified atom stereocenters. The van der Waals surface area contributed by atoms with Gasteiger partial charge in [-0.3, -0.25) is 4.57 Å². The number of benzene rings is 1. The number of hydrogen-bond donors (Lipinski definition) is 3. The second kappa shape index (κ2) is 6.42. The number of rotatable bonds is 3. The minimum absolute atomic E-state index is 0.0595. The van der Waals surface area contributed by atoms with Crippen LogP contribution in [0.25, 0.3) is 0 Å². The Kier molecular flexibility index (Phi) is 4.32. The van der Waals surface area contributed by atoms with Crippen molar-refractivity contribution in [3.63, 3.8) is 0 Å². The van der Waals surface area contributed by atoms with Crippen LogP contribution in [-0.4, -0.2) is 37.1 Å². The molecule has 2 aromatic rings. The average molecular weight is 351 g/mol. The Balaban J connectivity index is 1.66. The molecule has 0 aliphatic carbocycles. The molecule has 1 aliphatic heterocycles. The van der Waals surface area contributed by atoms with Crippen molar-refractivity contribution in [2.24, 2.45) is 0 Å². The summed E-state index contributed by atoms with van der Waals surface area (Å²) < 4.78 is 11.9. The topological polar surface area (TPSA) is 137 Å². The maximum Gasteiger partial charge on any atom is 0.351 e. The highest BCUT2D eigenvalue weighted by Crippen LogP contribution is 2.33. The summed E-state index contributed by atoms with van der Waals surface area (Å²) in [5.74, 6) is -1.01. The van der Waals surface area contributed by atoms with E-state index in [-0.39, 0.29) is 17.1 Å². The molecular formula is C14H13N3O6S. The molecule has 0 amide bonds. The van der Waals surface area contributed by atoms with Gasteiger partial charge in [0.05, 0.1) is 5.56 Å². The van der Waals surface area contributed by atoms with Crippen LogP contribution in [-0.2, 0) is 9.47 Å². The van der Waals surface area contributed by atoms with Crippen LogP contribution in [0.15, 0.2) is 35.3 Å². The fraction of sp³-hybridized carbons (Fsp3) is 0.214. The van der Waals surface area contributed by atoms with E-state index in [9.17, 15) is 19.8 Å². The number of aromatic hydroxyl groups is 2. The zero-order chi connectivity index (χ0) is 17.3. The number of esters is 1. The lowest BCUT2D eigenvalue weighted by Gasteiger charge is -2.15. The van der Waals surface area contributed by atoms with E-state index < -0.39 is 29.3 Å². The Hall–Kier alpha value is -2.72. The quantitative estimate of drug-likeness (QED) is 0.537. The van der Waals surface area contributed by atoms with Crippen molar-refractivity contribution in [2.75, 3.05) is 11.5 Å². The normalized spacial score (nSPS) is 20.0. The monoisotopic (exact) mass is 351 g/mol. The van der Waals surface area contributed by atoms with Crippen molar-refractivity contribution >= 4 is 23.5 Å². The number of aromatic nitrogens is 2. The summed E-state index contributed by atoms with van der Waals surface area (Å²) >= 11 is 1.19. The summed E-state index contributed by atoms with van der Waals surface area (Å²) in [4.78, 5) is 27.4. The van der Waals surface area contributed by atoms with Crippen molar-refractivity contribution in [2.45, 2.75) is 11.8 Å². The average Bonchev–Trinajstić information content (AvgIpc) is 2.98. The molecule has 1 aromatic heterocycles. The first-order chi connectivity index (χ1) is 11.4. The number of hydrogen-bond acceptors (Lipinski definition) is 9. The first-order valence-electron chi connectivity index (χ1n) is 6.79. The minimum atomic E-state index is -0.914. The number of anilines is 1. The third-order valence-corrected chi connectivity index (χ3v) is 4.18. The van der Waals surface area contributed by atoms with Gasteiger partial charge in [0, 0.05) is 11.9 Å². The summed E-state index contributed by atoms with van der Waals surface area (Å²) in [5.41, 5.74) is 4.01. The van der Waals surface area contributed by atoms with Gasteiger partial charge in [0.15, 0.2) is 17.7 Å². The largest absolute Gasteiger partial charge is 0.504 e. The van der Waals surface area contributed by atoms with Crippen LogP contribution >= 0.6 is 11.8 Å². The lowest BCUT2D eigenvalue weighted by atomic mass is 10.2. The number of phenols is 2. The van der Waals surface area contributed by atoms with Crippen molar-refractivity contribution in [1.29, 1.82) is 0 Å². The van der Waals surface area contributed by atoms with Crippen molar-refractivity contribution in [1.82, 2.24) is 9.55 Å². The summed E-state index contributed by atoms with van der Waals surface area (Å²) in [6, 6.07) is 5.04. The van der Waals surface area contributed by atoms with E-state index in [1.165, 1.54) is 40.7 Å². The Morgan fingerprint density at radius 3 is 2.88 bits per heavy atom. The SMILES string of the molecule is Nc1ccn([C@@H]2CS[C@@H](OC(=O)c3ccc(O)c(O)c3)O2)c(=O)n1. The van der Waals surface area contributed by atoms with E-state index in [1.807, 2.05) is 0 Å². The molecule has 24 heavy (non-hydrogen) atoms. The van der Waals surface area contributed by atoms with Crippen LogP contribution in [0.4, 0.5) is 5.82 Å². The third kappa shape index (κ3) is 3.29. The molecule has 4 N–H and O–H groups in total. The molecule has 0 radical (unpaired) electrons. The minimum Gasteiger partial charge on any atom is -0.504 e. The molecule has 2 atom stereocenters. The first kappa shape index (κ1) is 16.1. The van der Waals surface area contributed by atoms with Gasteiger partial charge in [-0.15, -0.1) is 0 Å². The highest BCUT2D eigenvalue weighted by Gasteiger charge is 2.31. The number of carbonyl (C=O) groups excluding carboxylic acids is 1. The van der Waals surface area contributed by atoms with Crippen LogP contribution in [0.5, 0.6) is 11.5 Å². The van der Waals surface area contributed by atoms with E-state index >= 15 is 0 Å². The van der Waals surface area contributed by atoms with Gasteiger partial charge in [-0.25, -0.2) is 9.59 Å². The van der Waals surface area contributed by atoms with Gasteiger partial charge < -0.3 is 25.4 Å². The van der Waals surface area contributed by atoms with Gasteiger partial charge >= 0.3 is 11.7 Å². The number of ether oxygens (including phenoxy) is 2. The molecule has 126 valence electrons. The van der Waals surface area contributed by atoms with Crippen LogP contribution in [0.2, 0.25) is 0 Å². The Morgan fingerprint density at radius 2 is 2.17 bits per heavy atom. The van der Waals surface area contributed by atoms with Crippen molar-refractivity contribution < 1.29 is 24.5 Å². The molecule has 9 nitrogen and oxygen atoms in total. The van der Waals surface area contributed by atoms with Crippen LogP contribution in [0.3, 0.4) is 0 Å². The van der Waals surface area contributed by atoms with Crippen LogP contribution in [0, 0.1) is 0 Å². The maximum atomic E-state index is 12.0. The third-order valence-electron chi connectivity index (χ3n) is 3.22. The lowest BCUT2D eigenvalue weighted by Crippen LogP contribution is -2.28. The Bertz CT molecular complexity index is 839. The zero-order valence-corrected chi connectivity index (χ0v) is 13.0. The van der Waals surface area contributed by atoms with Gasteiger partial charge in [0.1, 0.15) is 5.82 Å². The standard InChI is InChI=1S/C14H13N3O6S/c15-10-3-4-17(13(21)16-10)11-6-24-14(22-11)23-12(20)7-1-2-8(18)9(19)5-7/h1-5,11,14,18-19H,6H2,(H2,15,16,21)/t11-,14+/m0/s1. The van der Waals surface area contributed by atoms with E-state index in [4.69, 9.17) is 15.2 Å². The highest BCUT2D eigenvalue weighted by molar-refractivity contribution is 7.99. The fourth-order valence-electron chi connectivity index (χ4n) is 2.03. The summed E-state index contributed by atoms with van der Waals surface area (Å²) in [6.07, 6.45) is 0.819. The number of nitrogens with zero attached hydrogens (tertiary/aromatic N) is 2. The molecule has 10 heteroatoms. The first-order valence-corrected chi connectivity index (χ1v) is 7.83. The summed E-state index contributed by atoms with van der Waals surface area (Å²) in [5, 5.41) is 18.6. The second-order valence-corrected chi connectivity index (χ2v) is 5.92. The summed E-state index contributed by atoms with van der Waals surface area (Å²) in [7, 11) is 0. The number of nitrogen functional groups attached to an aromatic ring is 1. The van der Waals surface area contributed by atoms with E-state index in [0.29, 0.717) is 5.75 Å². The maximum absolute atomic E-state index is 12.0. The van der Waals surface area contributed by atoms with Gasteiger partial charge in [0.2, 0.25) is 0 Å². The van der Waals surface area contributed by atoms with E-state index in [1.54, 1.807) is 0 Å². The van der Waals surface area contributed by atoms with E-state index in [0.717, 1.165) is 6.07 Å². The molecule has 2 heterocycles. The van der Waals surface area contributed by atoms with Gasteiger partial charge in [-0.1, -0.05) is 11.8 Å². The summed E-state index contributed by atoms with van der Waals surface area (Å²) in [6.45, 7) is 0. The molecule has 1 saturated heterocycles. The number of carbonyl (C=O) groups is 1. The van der Waals surface area contributed by atoms with Crippen molar-refractivity contribution in [3.05, 3.63) is 46.5 Å². The lowest BCUT2D eigenvalue weighted by molar-refractivity contribution is -0.0943. The van der Waals surface area contributed by atoms with E-state index in [2.05, 4.69) is 4.98 Å².